The number of aryl methyl sites for hydroxylation is 1. The molecule has 0 N–H and O–H groups in total. The van der Waals surface area contributed by atoms with Crippen molar-refractivity contribution in [1.29, 1.82) is 0 Å². The molecule has 1 aromatic carbocycles. The van der Waals surface area contributed by atoms with Crippen LogP contribution in [-0.2, 0) is 7.05 Å². The van der Waals surface area contributed by atoms with Crippen molar-refractivity contribution in [3.8, 4) is 0 Å². The van der Waals surface area contributed by atoms with Gasteiger partial charge in [0.25, 0.3) is 0 Å². The van der Waals surface area contributed by atoms with E-state index in [0.717, 1.165) is 5.57 Å². The molecule has 0 saturated carbocycles. The Morgan fingerprint density at radius 2 is 1.55 bits per heavy atom. The molecule has 1 aromatic heterocycles. The summed E-state index contributed by atoms with van der Waals surface area (Å²) < 4.78 is 2.03. The van der Waals surface area contributed by atoms with Crippen molar-refractivity contribution < 1.29 is 4.57 Å². The smallest absolute Gasteiger partial charge is 0.169 e. The van der Waals surface area contributed by atoms with Crippen LogP contribution in [0.1, 0.15) is 16.7 Å². The topological polar surface area (TPSA) is 3.88 Å². The Labute approximate surface area is 119 Å². The Bertz CT molecular complexity index is 722. The number of aromatic nitrogens is 1. The summed E-state index contributed by atoms with van der Waals surface area (Å²) in [5, 5.41) is 0. The van der Waals surface area contributed by atoms with Gasteiger partial charge in [-0.15, -0.1) is 5.73 Å². The van der Waals surface area contributed by atoms with Crippen LogP contribution in [0.25, 0.3) is 17.7 Å². The molecule has 1 heterocycles. The molecule has 20 heavy (non-hydrogen) atoms. The molecule has 0 unspecified atom stereocenters. The lowest BCUT2D eigenvalue weighted by Crippen LogP contribution is -2.25. The zero-order chi connectivity index (χ0) is 13.8. The Morgan fingerprint density at radius 1 is 0.900 bits per heavy atom. The van der Waals surface area contributed by atoms with Gasteiger partial charge in [0.1, 0.15) is 7.05 Å². The van der Waals surface area contributed by atoms with Crippen LogP contribution in [0.5, 0.6) is 0 Å². The quantitative estimate of drug-likeness (QED) is 0.582. The van der Waals surface area contributed by atoms with Crippen LogP contribution in [0, 0.1) is 0 Å². The minimum absolute atomic E-state index is 1.15. The van der Waals surface area contributed by atoms with Crippen LogP contribution < -0.4 is 4.57 Å². The fraction of sp³-hybridized carbons (Fsp3) is 0.0526. The van der Waals surface area contributed by atoms with Crippen LogP contribution in [0.3, 0.4) is 0 Å². The molecule has 0 bridgehead atoms. The zero-order valence-corrected chi connectivity index (χ0v) is 11.5. The molecular formula is C19H16N+. The number of pyridine rings is 1. The lowest BCUT2D eigenvalue weighted by atomic mass is 10.0. The molecule has 1 nitrogen and oxygen atoms in total. The predicted molar refractivity (Wildman–Crippen MR) is 83.6 cm³/mol. The maximum Gasteiger partial charge on any atom is 0.169 e. The molecule has 0 amide bonds. The number of hydrogen-bond acceptors (Lipinski definition) is 0. The maximum atomic E-state index is 3.22. The van der Waals surface area contributed by atoms with Crippen molar-refractivity contribution in [2.75, 3.05) is 0 Å². The van der Waals surface area contributed by atoms with Crippen LogP contribution in [0.15, 0.2) is 72.8 Å². The van der Waals surface area contributed by atoms with E-state index in [4.69, 9.17) is 0 Å². The molecule has 1 heteroatoms. The summed E-state index contributed by atoms with van der Waals surface area (Å²) in [6, 6.07) is 12.7. The van der Waals surface area contributed by atoms with E-state index in [-0.39, 0.29) is 0 Å². The first kappa shape index (κ1) is 12.4. The van der Waals surface area contributed by atoms with Gasteiger partial charge in [0.2, 0.25) is 0 Å². The Hall–Kier alpha value is -2.63. The standard InChI is InChI=1S/C19H16N/c1-20-14-12-17(13-15-20)7-6-16-8-10-19(11-9-16)18-4-2-3-5-18/h2-4,6-15H,1H3/q+1/b7-6+. The molecule has 1 aliphatic carbocycles. The fourth-order valence-electron chi connectivity index (χ4n) is 2.10. The van der Waals surface area contributed by atoms with Gasteiger partial charge in [0, 0.05) is 17.7 Å². The van der Waals surface area contributed by atoms with Crippen LogP contribution in [-0.4, -0.2) is 0 Å². The van der Waals surface area contributed by atoms with E-state index >= 15 is 0 Å². The van der Waals surface area contributed by atoms with E-state index in [1.807, 2.05) is 36.2 Å². The van der Waals surface area contributed by atoms with Crippen LogP contribution >= 0.6 is 0 Å². The first-order chi connectivity index (χ1) is 9.81. The van der Waals surface area contributed by atoms with E-state index < -0.39 is 0 Å². The average molecular weight is 258 g/mol. The van der Waals surface area contributed by atoms with Crippen molar-refractivity contribution >= 4 is 17.7 Å². The number of benzene rings is 1. The van der Waals surface area contributed by atoms with E-state index in [1.54, 1.807) is 0 Å². The highest BCUT2D eigenvalue weighted by Gasteiger charge is 1.98. The third-order valence-corrected chi connectivity index (χ3v) is 3.29. The molecule has 0 fully saturated rings. The van der Waals surface area contributed by atoms with Gasteiger partial charge in [-0.25, -0.2) is 4.57 Å². The molecular weight excluding hydrogens is 242 g/mol. The predicted octanol–water partition coefficient (Wildman–Crippen LogP) is 3.79. The van der Waals surface area contributed by atoms with Gasteiger partial charge in [-0.1, -0.05) is 42.5 Å². The second-order valence-electron chi connectivity index (χ2n) is 4.84. The van der Waals surface area contributed by atoms with Gasteiger partial charge < -0.3 is 0 Å². The summed E-state index contributed by atoms with van der Waals surface area (Å²) in [4.78, 5) is 0. The van der Waals surface area contributed by atoms with Crippen LogP contribution in [0.4, 0.5) is 0 Å². The number of rotatable bonds is 3. The normalized spacial score (nSPS) is 13.2. The minimum Gasteiger partial charge on any atom is -0.208 e. The highest BCUT2D eigenvalue weighted by Crippen LogP contribution is 2.19. The molecule has 2 aromatic rings. The molecule has 0 spiro atoms. The second-order valence-corrected chi connectivity index (χ2v) is 4.84. The molecule has 0 atom stereocenters. The van der Waals surface area contributed by atoms with E-state index in [2.05, 4.69) is 60.4 Å². The minimum atomic E-state index is 1.15. The van der Waals surface area contributed by atoms with Gasteiger partial charge >= 0.3 is 0 Å². The first-order valence-electron chi connectivity index (χ1n) is 6.68. The van der Waals surface area contributed by atoms with E-state index in [0.29, 0.717) is 0 Å². The number of allylic oxidation sites excluding steroid dienone is 3. The van der Waals surface area contributed by atoms with E-state index in [9.17, 15) is 0 Å². The lowest BCUT2D eigenvalue weighted by Gasteiger charge is -1.99. The highest BCUT2D eigenvalue weighted by molar-refractivity contribution is 5.77. The first-order valence-corrected chi connectivity index (χ1v) is 6.68. The van der Waals surface area contributed by atoms with Crippen molar-refractivity contribution in [3.63, 3.8) is 0 Å². The summed E-state index contributed by atoms with van der Waals surface area (Å²) >= 11 is 0. The monoisotopic (exact) mass is 258 g/mol. The number of nitrogens with zero attached hydrogens (tertiary/aromatic N) is 1. The molecule has 3 rings (SSSR count). The van der Waals surface area contributed by atoms with Gasteiger partial charge in [-0.2, -0.15) is 0 Å². The van der Waals surface area contributed by atoms with Gasteiger partial charge in [-0.05, 0) is 28.8 Å². The van der Waals surface area contributed by atoms with Crippen molar-refractivity contribution in [2.24, 2.45) is 7.05 Å². The molecule has 0 radical (unpaired) electrons. The third kappa shape index (κ3) is 2.85. The maximum absolute atomic E-state index is 3.22. The van der Waals surface area contributed by atoms with Gasteiger partial charge in [0.05, 0.1) is 0 Å². The lowest BCUT2D eigenvalue weighted by molar-refractivity contribution is -0.671. The summed E-state index contributed by atoms with van der Waals surface area (Å²) in [5.41, 5.74) is 7.98. The third-order valence-electron chi connectivity index (χ3n) is 3.29. The molecule has 96 valence electrons. The molecule has 0 aliphatic heterocycles. The Morgan fingerprint density at radius 3 is 2.15 bits per heavy atom. The van der Waals surface area contributed by atoms with Crippen molar-refractivity contribution in [1.82, 2.24) is 0 Å². The van der Waals surface area contributed by atoms with Gasteiger partial charge in [-0.3, -0.25) is 0 Å². The summed E-state index contributed by atoms with van der Waals surface area (Å²) in [7, 11) is 2.02. The van der Waals surface area contributed by atoms with Crippen LogP contribution in [0.2, 0.25) is 0 Å². The van der Waals surface area contributed by atoms with Gasteiger partial charge in [0.15, 0.2) is 12.4 Å². The summed E-state index contributed by atoms with van der Waals surface area (Å²) in [5.74, 6) is 0. The fourth-order valence-corrected chi connectivity index (χ4v) is 2.10. The largest absolute Gasteiger partial charge is 0.208 e. The highest BCUT2D eigenvalue weighted by atomic mass is 14.9. The van der Waals surface area contributed by atoms with Crippen molar-refractivity contribution in [3.05, 3.63) is 89.4 Å². The molecule has 0 saturated heterocycles. The number of hydrogen-bond donors (Lipinski definition) is 0. The summed E-state index contributed by atoms with van der Waals surface area (Å²) in [6.45, 7) is 0. The SMILES string of the molecule is C[n+]1ccc(/C=C/c2ccc(C3=C=CC=C3)cc2)cc1. The Kier molecular flexibility index (Phi) is 3.45. The average Bonchev–Trinajstić information content (AvgIpc) is 3.01. The molecule has 1 aliphatic rings. The summed E-state index contributed by atoms with van der Waals surface area (Å²) in [6.07, 6.45) is 14.4. The van der Waals surface area contributed by atoms with Crippen molar-refractivity contribution in [2.45, 2.75) is 0 Å². The zero-order valence-electron chi connectivity index (χ0n) is 11.5. The Balaban J connectivity index is 1.76. The second kappa shape index (κ2) is 5.56. The van der Waals surface area contributed by atoms with E-state index in [1.165, 1.54) is 16.7 Å².